The Morgan fingerprint density at radius 3 is 2.89 bits per heavy atom. The van der Waals surface area contributed by atoms with E-state index in [1.54, 1.807) is 18.2 Å². The average Bonchev–Trinajstić information content (AvgIpc) is 3.14. The van der Waals surface area contributed by atoms with Crippen LogP contribution in [0.15, 0.2) is 29.2 Å². The minimum Gasteiger partial charge on any atom is -0.353 e. The van der Waals surface area contributed by atoms with E-state index in [1.165, 1.54) is 21.7 Å². The molecule has 1 fully saturated rings. The van der Waals surface area contributed by atoms with Gasteiger partial charge in [0.15, 0.2) is 5.78 Å². The number of nitrogens with zero attached hydrogens (tertiary/aromatic N) is 3. The maximum absolute atomic E-state index is 12.9. The van der Waals surface area contributed by atoms with E-state index in [1.807, 2.05) is 6.92 Å². The van der Waals surface area contributed by atoms with Crippen molar-refractivity contribution in [2.24, 2.45) is 5.92 Å². The van der Waals surface area contributed by atoms with Crippen LogP contribution >= 0.6 is 11.3 Å². The number of carbonyl (C=O) groups excluding carboxylic acids is 1. The molecule has 9 heteroatoms. The summed E-state index contributed by atoms with van der Waals surface area (Å²) in [5.74, 6) is 0.162. The molecule has 1 aromatic heterocycles. The predicted octanol–water partition coefficient (Wildman–Crippen LogP) is 2.82. The summed E-state index contributed by atoms with van der Waals surface area (Å²) >= 11 is 1.41. The second-order valence-electron chi connectivity index (χ2n) is 6.77. The fourth-order valence-electron chi connectivity index (χ4n) is 3.07. The van der Waals surface area contributed by atoms with Gasteiger partial charge < -0.3 is 5.32 Å². The molecule has 1 aromatic carbocycles. The van der Waals surface area contributed by atoms with Gasteiger partial charge in [-0.15, -0.1) is 10.2 Å². The third-order valence-corrected chi connectivity index (χ3v) is 7.47. The van der Waals surface area contributed by atoms with Crippen LogP contribution in [0.5, 0.6) is 0 Å². The lowest BCUT2D eigenvalue weighted by molar-refractivity contribution is 0.101. The Kier molecular flexibility index (Phi) is 6.23. The Morgan fingerprint density at radius 2 is 2.19 bits per heavy atom. The number of ketones is 1. The first-order valence-electron chi connectivity index (χ1n) is 9.10. The Hall–Kier alpha value is -1.84. The summed E-state index contributed by atoms with van der Waals surface area (Å²) in [6.45, 7) is 5.15. The third-order valence-electron chi connectivity index (χ3n) is 4.58. The molecule has 1 unspecified atom stereocenters. The summed E-state index contributed by atoms with van der Waals surface area (Å²) in [5.41, 5.74) is 0.369. The second kappa shape index (κ2) is 8.45. The Bertz CT molecular complexity index is 911. The number of anilines is 1. The fraction of sp³-hybridized carbons (Fsp3) is 0.500. The molecule has 3 rings (SSSR count). The van der Waals surface area contributed by atoms with Crippen molar-refractivity contribution in [1.29, 1.82) is 0 Å². The highest BCUT2D eigenvalue weighted by atomic mass is 32.2. The van der Waals surface area contributed by atoms with Gasteiger partial charge in [0.1, 0.15) is 5.01 Å². The van der Waals surface area contributed by atoms with E-state index in [2.05, 4.69) is 22.4 Å². The van der Waals surface area contributed by atoms with Gasteiger partial charge >= 0.3 is 0 Å². The molecule has 27 heavy (non-hydrogen) atoms. The summed E-state index contributed by atoms with van der Waals surface area (Å²) in [5, 5.41) is 12.4. The number of hydrogen-bond donors (Lipinski definition) is 1. The molecule has 2 heterocycles. The molecule has 1 saturated heterocycles. The third kappa shape index (κ3) is 4.72. The summed E-state index contributed by atoms with van der Waals surface area (Å²) in [6, 6.07) is 6.28. The van der Waals surface area contributed by atoms with Crippen LogP contribution in [0.2, 0.25) is 0 Å². The topological polar surface area (TPSA) is 92.3 Å². The lowest BCUT2D eigenvalue weighted by Gasteiger charge is -2.30. The fourth-order valence-corrected chi connectivity index (χ4v) is 5.39. The molecule has 0 saturated carbocycles. The molecule has 146 valence electrons. The maximum Gasteiger partial charge on any atom is 0.243 e. The van der Waals surface area contributed by atoms with Gasteiger partial charge in [-0.25, -0.2) is 8.42 Å². The van der Waals surface area contributed by atoms with Crippen molar-refractivity contribution < 1.29 is 13.2 Å². The minimum absolute atomic E-state index is 0.0442. The van der Waals surface area contributed by atoms with E-state index in [4.69, 9.17) is 0 Å². The monoisotopic (exact) mass is 408 g/mol. The Balaban J connectivity index is 1.71. The van der Waals surface area contributed by atoms with Gasteiger partial charge in [-0.2, -0.15) is 4.31 Å². The van der Waals surface area contributed by atoms with Gasteiger partial charge in [-0.05, 0) is 37.3 Å². The number of benzene rings is 1. The van der Waals surface area contributed by atoms with Gasteiger partial charge in [-0.3, -0.25) is 4.79 Å². The van der Waals surface area contributed by atoms with E-state index in [-0.39, 0.29) is 17.2 Å². The molecule has 1 N–H and O–H groups in total. The lowest BCUT2D eigenvalue weighted by atomic mass is 10.0. The molecule has 0 amide bonds. The van der Waals surface area contributed by atoms with Crippen LogP contribution in [0.3, 0.4) is 0 Å². The number of aryl methyl sites for hydroxylation is 1. The molecule has 2 aromatic rings. The lowest BCUT2D eigenvalue weighted by Crippen LogP contribution is -2.39. The number of piperidine rings is 1. The molecular weight excluding hydrogens is 384 g/mol. The Morgan fingerprint density at radius 1 is 1.37 bits per heavy atom. The summed E-state index contributed by atoms with van der Waals surface area (Å²) in [4.78, 5) is 12.7. The molecule has 7 nitrogen and oxygen atoms in total. The number of nitrogens with one attached hydrogen (secondary N) is 1. The average molecular weight is 409 g/mol. The van der Waals surface area contributed by atoms with Crippen LogP contribution in [0.1, 0.15) is 42.1 Å². The predicted molar refractivity (Wildman–Crippen MR) is 106 cm³/mol. The van der Waals surface area contributed by atoms with Gasteiger partial charge in [-0.1, -0.05) is 37.3 Å². The van der Waals surface area contributed by atoms with E-state index < -0.39 is 10.0 Å². The minimum atomic E-state index is -3.58. The molecule has 0 radical (unpaired) electrons. The first kappa shape index (κ1) is 19.9. The van der Waals surface area contributed by atoms with Crippen molar-refractivity contribution in [2.75, 3.05) is 25.0 Å². The van der Waals surface area contributed by atoms with E-state index in [0.29, 0.717) is 29.7 Å². The molecule has 1 atom stereocenters. The zero-order chi connectivity index (χ0) is 19.4. The second-order valence-corrected chi connectivity index (χ2v) is 9.77. The van der Waals surface area contributed by atoms with Crippen molar-refractivity contribution >= 4 is 32.3 Å². The van der Waals surface area contributed by atoms with Crippen molar-refractivity contribution in [1.82, 2.24) is 14.5 Å². The van der Waals surface area contributed by atoms with Crippen molar-refractivity contribution in [3.8, 4) is 0 Å². The highest BCUT2D eigenvalue weighted by molar-refractivity contribution is 7.89. The maximum atomic E-state index is 12.9. The highest BCUT2D eigenvalue weighted by Gasteiger charge is 2.29. The SMILES string of the molecule is CCc1nnc(NCC(=O)c2cccc(S(=O)(=O)N3CCCC(C)C3)c2)s1. The van der Waals surface area contributed by atoms with Gasteiger partial charge in [0.05, 0.1) is 11.4 Å². The van der Waals surface area contributed by atoms with E-state index in [9.17, 15) is 13.2 Å². The number of sulfonamides is 1. The normalized spacial score (nSPS) is 18.4. The van der Waals surface area contributed by atoms with Crippen molar-refractivity contribution in [2.45, 2.75) is 38.0 Å². The summed E-state index contributed by atoms with van der Waals surface area (Å²) in [7, 11) is -3.58. The standard InChI is InChI=1S/C18H24N4O3S2/c1-3-17-20-21-18(26-17)19-11-16(23)14-7-4-8-15(10-14)27(24,25)22-9-5-6-13(2)12-22/h4,7-8,10,13H,3,5-6,9,11-12H2,1-2H3,(H,19,21). The molecule has 0 bridgehead atoms. The van der Waals surface area contributed by atoms with Crippen molar-refractivity contribution in [3.63, 3.8) is 0 Å². The van der Waals surface area contributed by atoms with Crippen LogP contribution in [0.25, 0.3) is 0 Å². The number of carbonyl (C=O) groups is 1. The van der Waals surface area contributed by atoms with E-state index in [0.717, 1.165) is 24.3 Å². The van der Waals surface area contributed by atoms with Crippen LogP contribution in [-0.4, -0.2) is 48.3 Å². The summed E-state index contributed by atoms with van der Waals surface area (Å²) < 4.78 is 27.3. The smallest absolute Gasteiger partial charge is 0.243 e. The molecule has 0 spiro atoms. The van der Waals surface area contributed by atoms with Crippen LogP contribution in [0, 0.1) is 5.92 Å². The zero-order valence-corrected chi connectivity index (χ0v) is 17.1. The van der Waals surface area contributed by atoms with Crippen LogP contribution in [0.4, 0.5) is 5.13 Å². The molecule has 0 aliphatic carbocycles. The first-order valence-corrected chi connectivity index (χ1v) is 11.4. The summed E-state index contributed by atoms with van der Waals surface area (Å²) in [6.07, 6.45) is 2.70. The van der Waals surface area contributed by atoms with Crippen LogP contribution < -0.4 is 5.32 Å². The largest absolute Gasteiger partial charge is 0.353 e. The highest BCUT2D eigenvalue weighted by Crippen LogP contribution is 2.24. The first-order chi connectivity index (χ1) is 12.9. The quantitative estimate of drug-likeness (QED) is 0.708. The van der Waals surface area contributed by atoms with E-state index >= 15 is 0 Å². The van der Waals surface area contributed by atoms with Gasteiger partial charge in [0.25, 0.3) is 0 Å². The number of aromatic nitrogens is 2. The van der Waals surface area contributed by atoms with Crippen molar-refractivity contribution in [3.05, 3.63) is 34.8 Å². The van der Waals surface area contributed by atoms with Gasteiger partial charge in [0.2, 0.25) is 15.2 Å². The molecular formula is C18H24N4O3S2. The number of hydrogen-bond acceptors (Lipinski definition) is 7. The Labute approximate surface area is 163 Å². The van der Waals surface area contributed by atoms with Gasteiger partial charge in [0, 0.05) is 18.7 Å². The molecule has 1 aliphatic rings. The molecule has 1 aliphatic heterocycles. The zero-order valence-electron chi connectivity index (χ0n) is 15.5. The number of rotatable bonds is 7. The van der Waals surface area contributed by atoms with Crippen LogP contribution in [-0.2, 0) is 16.4 Å². The number of Topliss-reactive ketones (excluding diaryl/α,β-unsaturated/α-hetero) is 1.